The molecule has 0 radical (unpaired) electrons. The number of benzene rings is 2. The second kappa shape index (κ2) is 9.29. The maximum absolute atomic E-state index is 13.1. The van der Waals surface area contributed by atoms with Gasteiger partial charge >= 0.3 is 0 Å². The number of ether oxygens (including phenoxy) is 3. The zero-order chi connectivity index (χ0) is 21.8. The summed E-state index contributed by atoms with van der Waals surface area (Å²) in [6.45, 7) is 2.93. The normalized spacial score (nSPS) is 15.7. The van der Waals surface area contributed by atoms with Crippen LogP contribution in [0.2, 0.25) is 0 Å². The lowest BCUT2D eigenvalue weighted by molar-refractivity contribution is -0.131. The Morgan fingerprint density at radius 2 is 1.65 bits per heavy atom. The summed E-state index contributed by atoms with van der Waals surface area (Å²) in [7, 11) is 3.18. The van der Waals surface area contributed by atoms with Crippen molar-refractivity contribution < 1.29 is 23.8 Å². The summed E-state index contributed by atoms with van der Waals surface area (Å²) in [5, 5.41) is 0. The predicted molar refractivity (Wildman–Crippen MR) is 116 cm³/mol. The number of carbonyl (C=O) groups is 2. The molecule has 0 saturated carbocycles. The summed E-state index contributed by atoms with van der Waals surface area (Å²) >= 11 is 0. The van der Waals surface area contributed by atoms with Crippen LogP contribution in [-0.4, -0.2) is 62.1 Å². The van der Waals surface area contributed by atoms with Crippen molar-refractivity contribution in [2.75, 3.05) is 40.5 Å². The van der Waals surface area contributed by atoms with Gasteiger partial charge in [-0.1, -0.05) is 0 Å². The topological polar surface area (TPSA) is 68.3 Å². The van der Waals surface area contributed by atoms with Crippen LogP contribution >= 0.6 is 0 Å². The first-order valence-corrected chi connectivity index (χ1v) is 10.6. The van der Waals surface area contributed by atoms with E-state index < -0.39 is 0 Å². The largest absolute Gasteiger partial charge is 0.497 e. The summed E-state index contributed by atoms with van der Waals surface area (Å²) in [6.07, 6.45) is 2.34. The van der Waals surface area contributed by atoms with E-state index in [1.165, 1.54) is 0 Å². The lowest BCUT2D eigenvalue weighted by Gasteiger charge is -2.21. The van der Waals surface area contributed by atoms with Crippen LogP contribution in [0, 0.1) is 0 Å². The molecule has 2 heterocycles. The van der Waals surface area contributed by atoms with Crippen LogP contribution in [0.15, 0.2) is 36.4 Å². The highest BCUT2D eigenvalue weighted by Crippen LogP contribution is 2.27. The Labute approximate surface area is 182 Å². The van der Waals surface area contributed by atoms with E-state index in [0.717, 1.165) is 42.8 Å². The van der Waals surface area contributed by atoms with E-state index >= 15 is 0 Å². The molecule has 0 atom stereocenters. The third-order valence-electron chi connectivity index (χ3n) is 5.80. The van der Waals surface area contributed by atoms with Gasteiger partial charge in [0.2, 0.25) is 5.91 Å². The number of carbonyl (C=O) groups excluding carboxylic acids is 2. The van der Waals surface area contributed by atoms with Gasteiger partial charge in [-0.15, -0.1) is 0 Å². The second-order valence-electron chi connectivity index (χ2n) is 7.88. The third kappa shape index (κ3) is 4.76. The molecule has 0 aliphatic carbocycles. The molecule has 7 heteroatoms. The molecule has 164 valence electrons. The van der Waals surface area contributed by atoms with E-state index in [-0.39, 0.29) is 18.2 Å². The molecule has 0 aromatic heterocycles. The van der Waals surface area contributed by atoms with Crippen molar-refractivity contribution in [2.24, 2.45) is 0 Å². The quantitative estimate of drug-likeness (QED) is 0.738. The zero-order valence-electron chi connectivity index (χ0n) is 18.1. The average molecular weight is 424 g/mol. The SMILES string of the molecule is COc1cc(CC(=O)N2CCOc3ccc(C(=O)N4CCCC4)cc3C2)cc(OC)c1. The van der Waals surface area contributed by atoms with Gasteiger partial charge in [0.15, 0.2) is 0 Å². The van der Waals surface area contributed by atoms with Gasteiger partial charge in [-0.2, -0.15) is 0 Å². The molecule has 2 aromatic carbocycles. The standard InChI is InChI=1S/C24H28N2O5/c1-29-20-11-17(12-21(15-20)30-2)13-23(27)26-9-10-31-22-6-5-18(14-19(22)16-26)24(28)25-7-3-4-8-25/h5-6,11-12,14-15H,3-4,7-10,13,16H2,1-2H3. The number of likely N-dealkylation sites (tertiary alicyclic amines) is 1. The second-order valence-corrected chi connectivity index (χ2v) is 7.88. The van der Waals surface area contributed by atoms with Gasteiger partial charge in [0.05, 0.1) is 27.2 Å². The van der Waals surface area contributed by atoms with Crippen LogP contribution in [0.1, 0.15) is 34.3 Å². The summed E-state index contributed by atoms with van der Waals surface area (Å²) in [5.41, 5.74) is 2.33. The van der Waals surface area contributed by atoms with E-state index in [1.807, 2.05) is 35.2 Å². The first-order valence-electron chi connectivity index (χ1n) is 10.6. The van der Waals surface area contributed by atoms with Crippen LogP contribution in [-0.2, 0) is 17.8 Å². The van der Waals surface area contributed by atoms with Crippen LogP contribution in [0.25, 0.3) is 0 Å². The lowest BCUT2D eigenvalue weighted by atomic mass is 10.1. The van der Waals surface area contributed by atoms with E-state index in [2.05, 4.69) is 0 Å². The van der Waals surface area contributed by atoms with Crippen LogP contribution in [0.3, 0.4) is 0 Å². The molecular formula is C24H28N2O5. The van der Waals surface area contributed by atoms with Crippen molar-refractivity contribution in [1.29, 1.82) is 0 Å². The van der Waals surface area contributed by atoms with Crippen LogP contribution in [0.5, 0.6) is 17.2 Å². The fourth-order valence-corrected chi connectivity index (χ4v) is 4.10. The minimum atomic E-state index is -0.0111. The summed E-state index contributed by atoms with van der Waals surface area (Å²) < 4.78 is 16.5. The molecule has 0 bridgehead atoms. The van der Waals surface area contributed by atoms with Crippen LogP contribution < -0.4 is 14.2 Å². The van der Waals surface area contributed by atoms with Crippen molar-refractivity contribution >= 4 is 11.8 Å². The minimum absolute atomic E-state index is 0.0111. The molecular weight excluding hydrogens is 396 g/mol. The van der Waals surface area contributed by atoms with E-state index in [1.54, 1.807) is 25.2 Å². The molecule has 1 saturated heterocycles. The number of hydrogen-bond donors (Lipinski definition) is 0. The van der Waals surface area contributed by atoms with Crippen molar-refractivity contribution in [2.45, 2.75) is 25.8 Å². The van der Waals surface area contributed by atoms with Gasteiger partial charge in [-0.25, -0.2) is 0 Å². The maximum atomic E-state index is 13.1. The fourth-order valence-electron chi connectivity index (χ4n) is 4.10. The van der Waals surface area contributed by atoms with Gasteiger partial charge in [0.1, 0.15) is 23.9 Å². The van der Waals surface area contributed by atoms with Crippen molar-refractivity contribution in [3.63, 3.8) is 0 Å². The third-order valence-corrected chi connectivity index (χ3v) is 5.80. The first kappa shape index (κ1) is 21.0. The van der Waals surface area contributed by atoms with Gasteiger partial charge in [-0.05, 0) is 48.7 Å². The van der Waals surface area contributed by atoms with Gasteiger partial charge in [-0.3, -0.25) is 9.59 Å². The molecule has 4 rings (SSSR count). The Morgan fingerprint density at radius 1 is 0.935 bits per heavy atom. The van der Waals surface area contributed by atoms with Crippen molar-refractivity contribution in [1.82, 2.24) is 9.80 Å². The van der Waals surface area contributed by atoms with E-state index in [4.69, 9.17) is 14.2 Å². The highest BCUT2D eigenvalue weighted by molar-refractivity contribution is 5.94. The molecule has 0 N–H and O–H groups in total. The van der Waals surface area contributed by atoms with Crippen molar-refractivity contribution in [3.05, 3.63) is 53.1 Å². The molecule has 2 aromatic rings. The Hall–Kier alpha value is -3.22. The molecule has 2 aliphatic rings. The molecule has 31 heavy (non-hydrogen) atoms. The number of methoxy groups -OCH3 is 2. The molecule has 1 fully saturated rings. The Kier molecular flexibility index (Phi) is 6.30. The molecule has 0 spiro atoms. The number of rotatable bonds is 5. The molecule has 0 unspecified atom stereocenters. The average Bonchev–Trinajstić information content (AvgIpc) is 3.24. The number of nitrogens with zero attached hydrogens (tertiary/aromatic N) is 2. The highest BCUT2D eigenvalue weighted by Gasteiger charge is 2.24. The predicted octanol–water partition coefficient (Wildman–Crippen LogP) is 2.90. The Morgan fingerprint density at radius 3 is 2.32 bits per heavy atom. The molecule has 2 amide bonds. The number of fused-ring (bicyclic) bond motifs is 1. The van der Waals surface area contributed by atoms with Crippen molar-refractivity contribution in [3.8, 4) is 17.2 Å². The minimum Gasteiger partial charge on any atom is -0.497 e. The monoisotopic (exact) mass is 424 g/mol. The lowest BCUT2D eigenvalue weighted by Crippen LogP contribution is -2.33. The number of hydrogen-bond acceptors (Lipinski definition) is 5. The van der Waals surface area contributed by atoms with E-state index in [9.17, 15) is 9.59 Å². The van der Waals surface area contributed by atoms with Crippen LogP contribution in [0.4, 0.5) is 0 Å². The molecule has 7 nitrogen and oxygen atoms in total. The Balaban J connectivity index is 1.50. The van der Waals surface area contributed by atoms with Gasteiger partial charge in [0.25, 0.3) is 5.91 Å². The Bertz CT molecular complexity index is 946. The number of amides is 2. The van der Waals surface area contributed by atoms with E-state index in [0.29, 0.717) is 36.8 Å². The zero-order valence-corrected chi connectivity index (χ0v) is 18.1. The van der Waals surface area contributed by atoms with Gasteiger partial charge < -0.3 is 24.0 Å². The van der Waals surface area contributed by atoms with Gasteiger partial charge in [0, 0.05) is 36.8 Å². The first-order chi connectivity index (χ1) is 15.1. The summed E-state index contributed by atoms with van der Waals surface area (Å²) in [5.74, 6) is 2.07. The maximum Gasteiger partial charge on any atom is 0.253 e. The smallest absolute Gasteiger partial charge is 0.253 e. The highest BCUT2D eigenvalue weighted by atomic mass is 16.5. The fraction of sp³-hybridized carbons (Fsp3) is 0.417. The summed E-state index contributed by atoms with van der Waals surface area (Å²) in [4.78, 5) is 29.5. The molecule has 2 aliphatic heterocycles. The summed E-state index contributed by atoms with van der Waals surface area (Å²) in [6, 6.07) is 11.0.